The van der Waals surface area contributed by atoms with E-state index in [1.54, 1.807) is 19.1 Å². The fraction of sp³-hybridized carbons (Fsp3) is 0.500. The summed E-state index contributed by atoms with van der Waals surface area (Å²) in [6.45, 7) is 2.14. The second-order valence-electron chi connectivity index (χ2n) is 4.64. The quantitative estimate of drug-likeness (QED) is 0.686. The summed E-state index contributed by atoms with van der Waals surface area (Å²) in [5.41, 5.74) is -0.566. The van der Waals surface area contributed by atoms with E-state index in [9.17, 15) is 8.42 Å². The summed E-state index contributed by atoms with van der Waals surface area (Å²) in [6, 6.07) is 4.75. The monoisotopic (exact) mass is 289 g/mol. The zero-order valence-corrected chi connectivity index (χ0v) is 12.0. The standard InChI is InChI=1S/C12H19NO5S/c1-9-4-5-10(18-3)11(6-9)19(16,17)13-12(2,7-14)8-15/h4-6,13-15H,7-8H2,1-3H3. The van der Waals surface area contributed by atoms with Gasteiger partial charge in [-0.05, 0) is 31.5 Å². The van der Waals surface area contributed by atoms with Gasteiger partial charge >= 0.3 is 0 Å². The van der Waals surface area contributed by atoms with Gasteiger partial charge in [0.1, 0.15) is 10.6 Å². The second-order valence-corrected chi connectivity index (χ2v) is 6.29. The molecule has 0 amide bonds. The first kappa shape index (κ1) is 15.9. The van der Waals surface area contributed by atoms with E-state index in [2.05, 4.69) is 4.72 Å². The molecule has 1 aromatic carbocycles. The Bertz CT molecular complexity index is 537. The van der Waals surface area contributed by atoms with E-state index in [4.69, 9.17) is 14.9 Å². The first-order chi connectivity index (χ1) is 8.78. The summed E-state index contributed by atoms with van der Waals surface area (Å²) in [7, 11) is -2.53. The molecule has 0 bridgehead atoms. The van der Waals surface area contributed by atoms with Gasteiger partial charge in [0.15, 0.2) is 0 Å². The van der Waals surface area contributed by atoms with Crippen LogP contribution in [0.15, 0.2) is 23.1 Å². The molecular weight excluding hydrogens is 270 g/mol. The topological polar surface area (TPSA) is 95.9 Å². The van der Waals surface area contributed by atoms with Crippen molar-refractivity contribution in [1.82, 2.24) is 4.72 Å². The van der Waals surface area contributed by atoms with Crippen molar-refractivity contribution in [2.75, 3.05) is 20.3 Å². The molecule has 0 aliphatic rings. The van der Waals surface area contributed by atoms with Gasteiger partial charge in [-0.1, -0.05) is 6.07 Å². The minimum atomic E-state index is -3.90. The minimum absolute atomic E-state index is 0.0249. The Labute approximate surface area is 113 Å². The number of benzene rings is 1. The molecule has 0 spiro atoms. The third-order valence-electron chi connectivity index (χ3n) is 2.69. The highest BCUT2D eigenvalue weighted by Crippen LogP contribution is 2.25. The van der Waals surface area contributed by atoms with Gasteiger partial charge in [0.05, 0.1) is 25.9 Å². The molecule has 0 aromatic heterocycles. The van der Waals surface area contributed by atoms with Gasteiger partial charge in [-0.2, -0.15) is 0 Å². The lowest BCUT2D eigenvalue weighted by molar-refractivity contribution is 0.121. The van der Waals surface area contributed by atoms with Crippen molar-refractivity contribution in [3.8, 4) is 5.75 Å². The average molecular weight is 289 g/mol. The molecule has 0 saturated heterocycles. The van der Waals surface area contributed by atoms with Gasteiger partial charge in [0, 0.05) is 0 Å². The van der Waals surface area contributed by atoms with Crippen LogP contribution >= 0.6 is 0 Å². The molecule has 1 rings (SSSR count). The van der Waals surface area contributed by atoms with Crippen LogP contribution < -0.4 is 9.46 Å². The highest BCUT2D eigenvalue weighted by atomic mass is 32.2. The van der Waals surface area contributed by atoms with Crippen molar-refractivity contribution in [2.45, 2.75) is 24.3 Å². The summed E-state index contributed by atoms with van der Waals surface area (Å²) in [6.07, 6.45) is 0. The molecule has 19 heavy (non-hydrogen) atoms. The van der Waals surface area contributed by atoms with Gasteiger partial charge in [0.2, 0.25) is 10.0 Å². The maximum atomic E-state index is 12.3. The molecule has 3 N–H and O–H groups in total. The molecule has 1 aromatic rings. The van der Waals surface area contributed by atoms with Crippen LogP contribution in [-0.2, 0) is 10.0 Å². The normalized spacial score (nSPS) is 12.5. The number of aliphatic hydroxyl groups excluding tert-OH is 2. The number of nitrogens with one attached hydrogen (secondary N) is 1. The van der Waals surface area contributed by atoms with Gasteiger partial charge in [-0.15, -0.1) is 0 Å². The molecule has 0 fully saturated rings. The average Bonchev–Trinajstić information content (AvgIpc) is 2.38. The van der Waals surface area contributed by atoms with Crippen LogP contribution in [0.1, 0.15) is 12.5 Å². The predicted molar refractivity (Wildman–Crippen MR) is 70.6 cm³/mol. The van der Waals surface area contributed by atoms with Crippen LogP contribution in [0.2, 0.25) is 0 Å². The van der Waals surface area contributed by atoms with Crippen molar-refractivity contribution in [3.05, 3.63) is 23.8 Å². The minimum Gasteiger partial charge on any atom is -0.495 e. The van der Waals surface area contributed by atoms with Crippen LogP contribution in [0.3, 0.4) is 0 Å². The van der Waals surface area contributed by atoms with E-state index in [-0.39, 0.29) is 10.6 Å². The highest BCUT2D eigenvalue weighted by Gasteiger charge is 2.31. The molecule has 108 valence electrons. The number of methoxy groups -OCH3 is 1. The van der Waals surface area contributed by atoms with Gasteiger partial charge < -0.3 is 14.9 Å². The summed E-state index contributed by atoms with van der Waals surface area (Å²) >= 11 is 0. The molecule has 0 radical (unpaired) electrons. The Morgan fingerprint density at radius 1 is 1.32 bits per heavy atom. The number of aliphatic hydroxyl groups is 2. The van der Waals surface area contributed by atoms with E-state index in [0.717, 1.165) is 5.56 Å². The summed E-state index contributed by atoms with van der Waals surface area (Å²) in [5, 5.41) is 18.3. The third-order valence-corrected chi connectivity index (χ3v) is 4.35. The fourth-order valence-corrected chi connectivity index (χ4v) is 3.13. The first-order valence-electron chi connectivity index (χ1n) is 5.68. The SMILES string of the molecule is COc1ccc(C)cc1S(=O)(=O)NC(C)(CO)CO. The molecule has 0 aliphatic heterocycles. The summed E-state index contributed by atoms with van der Waals surface area (Å²) in [5.74, 6) is 0.205. The number of aryl methyl sites for hydroxylation is 1. The predicted octanol–water partition coefficient (Wildman–Crippen LogP) is 0.0252. The molecule has 6 nitrogen and oxygen atoms in total. The molecule has 0 aliphatic carbocycles. The maximum absolute atomic E-state index is 12.3. The van der Waals surface area contributed by atoms with Gasteiger partial charge in [-0.25, -0.2) is 13.1 Å². The largest absolute Gasteiger partial charge is 0.495 e. The van der Waals surface area contributed by atoms with Gasteiger partial charge in [0.25, 0.3) is 0 Å². The lowest BCUT2D eigenvalue weighted by Gasteiger charge is -2.26. The first-order valence-corrected chi connectivity index (χ1v) is 7.16. The van der Waals surface area contributed by atoms with Crippen molar-refractivity contribution >= 4 is 10.0 Å². The van der Waals surface area contributed by atoms with Crippen LogP contribution in [-0.4, -0.2) is 44.5 Å². The molecule has 0 saturated carbocycles. The van der Waals surface area contributed by atoms with Crippen LogP contribution in [0, 0.1) is 6.92 Å². The van der Waals surface area contributed by atoms with Crippen LogP contribution in [0.5, 0.6) is 5.75 Å². The summed E-state index contributed by atoms with van der Waals surface area (Å²) < 4.78 is 31.9. The van der Waals surface area contributed by atoms with E-state index in [1.807, 2.05) is 0 Å². The molecule has 7 heteroatoms. The lowest BCUT2D eigenvalue weighted by Crippen LogP contribution is -2.51. The third kappa shape index (κ3) is 3.66. The zero-order chi connectivity index (χ0) is 14.7. The molecular formula is C12H19NO5S. The Morgan fingerprint density at radius 2 is 1.89 bits per heavy atom. The van der Waals surface area contributed by atoms with E-state index < -0.39 is 28.8 Å². The van der Waals surface area contributed by atoms with Crippen molar-refractivity contribution in [3.63, 3.8) is 0 Å². The molecule has 0 heterocycles. The van der Waals surface area contributed by atoms with E-state index >= 15 is 0 Å². The number of sulfonamides is 1. The van der Waals surface area contributed by atoms with E-state index in [1.165, 1.54) is 20.1 Å². The van der Waals surface area contributed by atoms with Crippen LogP contribution in [0.25, 0.3) is 0 Å². The smallest absolute Gasteiger partial charge is 0.244 e. The van der Waals surface area contributed by atoms with Gasteiger partial charge in [-0.3, -0.25) is 0 Å². The van der Waals surface area contributed by atoms with E-state index in [0.29, 0.717) is 0 Å². The number of rotatable bonds is 6. The Hall–Kier alpha value is -1.15. The zero-order valence-electron chi connectivity index (χ0n) is 11.2. The Kier molecular flexibility index (Phi) is 4.92. The Morgan fingerprint density at radius 3 is 2.37 bits per heavy atom. The Balaban J connectivity index is 3.24. The molecule has 0 atom stereocenters. The highest BCUT2D eigenvalue weighted by molar-refractivity contribution is 7.89. The summed E-state index contributed by atoms with van der Waals surface area (Å²) in [4.78, 5) is -0.0249. The second kappa shape index (κ2) is 5.87. The number of hydrogen-bond donors (Lipinski definition) is 3. The number of ether oxygens (including phenoxy) is 1. The van der Waals surface area contributed by atoms with Crippen molar-refractivity contribution in [1.29, 1.82) is 0 Å². The van der Waals surface area contributed by atoms with Crippen LogP contribution in [0.4, 0.5) is 0 Å². The fourth-order valence-electron chi connectivity index (χ4n) is 1.49. The van der Waals surface area contributed by atoms with Crippen molar-refractivity contribution in [2.24, 2.45) is 0 Å². The van der Waals surface area contributed by atoms with Crippen molar-refractivity contribution < 1.29 is 23.4 Å². The number of hydrogen-bond acceptors (Lipinski definition) is 5. The maximum Gasteiger partial charge on any atom is 0.244 e. The molecule has 0 unspecified atom stereocenters. The lowest BCUT2D eigenvalue weighted by atomic mass is 10.1.